The molecule has 5 heteroatoms. The van der Waals surface area contributed by atoms with E-state index in [2.05, 4.69) is 10.2 Å². The summed E-state index contributed by atoms with van der Waals surface area (Å²) in [4.78, 5) is 0. The van der Waals surface area contributed by atoms with Gasteiger partial charge in [-0.05, 0) is 25.1 Å². The van der Waals surface area contributed by atoms with E-state index < -0.39 is 0 Å². The summed E-state index contributed by atoms with van der Waals surface area (Å²) < 4.78 is 14.8. The number of hydrogen-bond acceptors (Lipinski definition) is 3. The Hall–Kier alpha value is -1.49. The molecule has 0 bridgehead atoms. The second kappa shape index (κ2) is 3.71. The molecule has 0 aliphatic heterocycles. The maximum absolute atomic E-state index is 13.4. The molecule has 2 aromatic heterocycles. The third-order valence-corrected chi connectivity index (χ3v) is 2.05. The van der Waals surface area contributed by atoms with Crippen LogP contribution in [0.4, 0.5) is 4.39 Å². The summed E-state index contributed by atoms with van der Waals surface area (Å²) in [5, 5.41) is 7.78. The Morgan fingerprint density at radius 2 is 2.21 bits per heavy atom. The van der Waals surface area contributed by atoms with Crippen molar-refractivity contribution in [2.24, 2.45) is 5.73 Å². The van der Waals surface area contributed by atoms with Crippen LogP contribution >= 0.6 is 0 Å². The summed E-state index contributed by atoms with van der Waals surface area (Å²) in [6.07, 6.45) is 1.44. The van der Waals surface area contributed by atoms with E-state index >= 15 is 0 Å². The van der Waals surface area contributed by atoms with Crippen LogP contribution in [0.2, 0.25) is 0 Å². The third kappa shape index (κ3) is 1.46. The van der Waals surface area contributed by atoms with E-state index in [1.165, 1.54) is 10.5 Å². The van der Waals surface area contributed by atoms with Crippen LogP contribution in [0.3, 0.4) is 0 Å². The van der Waals surface area contributed by atoms with Crippen LogP contribution in [-0.4, -0.2) is 21.1 Å². The highest BCUT2D eigenvalue weighted by Crippen LogP contribution is 2.08. The van der Waals surface area contributed by atoms with E-state index in [0.29, 0.717) is 24.4 Å². The van der Waals surface area contributed by atoms with Crippen molar-refractivity contribution in [2.45, 2.75) is 12.8 Å². The van der Waals surface area contributed by atoms with Gasteiger partial charge in [0.25, 0.3) is 0 Å². The molecule has 0 aromatic carbocycles. The minimum Gasteiger partial charge on any atom is -0.330 e. The molecular formula is C9H11FN4. The summed E-state index contributed by atoms with van der Waals surface area (Å²) in [7, 11) is 0. The van der Waals surface area contributed by atoms with Gasteiger partial charge >= 0.3 is 0 Å². The van der Waals surface area contributed by atoms with Crippen LogP contribution in [0.1, 0.15) is 12.2 Å². The number of pyridine rings is 1. The zero-order valence-corrected chi connectivity index (χ0v) is 7.65. The van der Waals surface area contributed by atoms with Crippen molar-refractivity contribution in [1.82, 2.24) is 14.6 Å². The average molecular weight is 194 g/mol. The number of fused-ring (bicyclic) bond motifs is 1. The minimum atomic E-state index is -0.334. The maximum atomic E-state index is 13.4. The molecule has 0 fully saturated rings. The number of aromatic nitrogens is 3. The Morgan fingerprint density at radius 1 is 1.36 bits per heavy atom. The Kier molecular flexibility index (Phi) is 2.41. The largest absolute Gasteiger partial charge is 0.330 e. The van der Waals surface area contributed by atoms with Gasteiger partial charge in [0, 0.05) is 6.42 Å². The van der Waals surface area contributed by atoms with Crippen LogP contribution in [0.25, 0.3) is 5.65 Å². The number of halogens is 1. The van der Waals surface area contributed by atoms with Crippen LogP contribution in [-0.2, 0) is 6.42 Å². The van der Waals surface area contributed by atoms with Gasteiger partial charge in [-0.2, -0.15) is 4.39 Å². The highest BCUT2D eigenvalue weighted by atomic mass is 19.1. The summed E-state index contributed by atoms with van der Waals surface area (Å²) in [5.41, 5.74) is 5.91. The van der Waals surface area contributed by atoms with Gasteiger partial charge in [-0.25, -0.2) is 0 Å². The Labute approximate surface area is 80.6 Å². The lowest BCUT2D eigenvalue weighted by Gasteiger charge is -1.99. The molecule has 2 heterocycles. The van der Waals surface area contributed by atoms with Gasteiger partial charge in [0.2, 0.25) is 5.95 Å². The lowest BCUT2D eigenvalue weighted by Crippen LogP contribution is -2.04. The summed E-state index contributed by atoms with van der Waals surface area (Å²) >= 11 is 0. The van der Waals surface area contributed by atoms with Crippen LogP contribution in [0.15, 0.2) is 18.2 Å². The molecule has 2 rings (SSSR count). The van der Waals surface area contributed by atoms with E-state index in [1.807, 2.05) is 0 Å². The summed E-state index contributed by atoms with van der Waals surface area (Å²) in [5.74, 6) is 0.295. The van der Waals surface area contributed by atoms with Crippen LogP contribution in [0.5, 0.6) is 0 Å². The van der Waals surface area contributed by atoms with Crippen molar-refractivity contribution in [3.8, 4) is 0 Å². The quantitative estimate of drug-likeness (QED) is 0.734. The van der Waals surface area contributed by atoms with E-state index in [9.17, 15) is 4.39 Å². The fourth-order valence-electron chi connectivity index (χ4n) is 1.38. The fraction of sp³-hybridized carbons (Fsp3) is 0.333. The predicted molar refractivity (Wildman–Crippen MR) is 50.3 cm³/mol. The molecule has 0 aliphatic rings. The van der Waals surface area contributed by atoms with E-state index in [1.54, 1.807) is 12.1 Å². The van der Waals surface area contributed by atoms with Gasteiger partial charge in [-0.3, -0.25) is 4.40 Å². The molecule has 0 saturated heterocycles. The molecule has 0 aliphatic carbocycles. The number of nitrogens with zero attached hydrogens (tertiary/aromatic N) is 3. The molecule has 0 saturated carbocycles. The molecule has 0 unspecified atom stereocenters. The van der Waals surface area contributed by atoms with Gasteiger partial charge in [0.1, 0.15) is 5.82 Å². The average Bonchev–Trinajstić information content (AvgIpc) is 2.59. The second-order valence-electron chi connectivity index (χ2n) is 3.05. The molecule has 4 nitrogen and oxygen atoms in total. The first kappa shape index (κ1) is 9.08. The first-order valence-electron chi connectivity index (χ1n) is 4.51. The molecule has 2 N–H and O–H groups in total. The van der Waals surface area contributed by atoms with Crippen molar-refractivity contribution in [3.05, 3.63) is 30.0 Å². The molecule has 0 radical (unpaired) electrons. The molecule has 14 heavy (non-hydrogen) atoms. The SMILES string of the molecule is NCCCc1nnc2cccc(F)n12. The highest BCUT2D eigenvalue weighted by molar-refractivity contribution is 5.37. The molecular weight excluding hydrogens is 183 g/mol. The van der Waals surface area contributed by atoms with Crippen LogP contribution < -0.4 is 5.73 Å². The molecule has 0 amide bonds. The van der Waals surface area contributed by atoms with E-state index in [4.69, 9.17) is 5.73 Å². The van der Waals surface area contributed by atoms with Gasteiger partial charge in [-0.1, -0.05) is 6.07 Å². The summed E-state index contributed by atoms with van der Waals surface area (Å²) in [6, 6.07) is 4.73. The van der Waals surface area contributed by atoms with Crippen molar-refractivity contribution < 1.29 is 4.39 Å². The molecule has 2 aromatic rings. The van der Waals surface area contributed by atoms with E-state index in [0.717, 1.165) is 6.42 Å². The summed E-state index contributed by atoms with van der Waals surface area (Å²) in [6.45, 7) is 0.573. The molecule has 74 valence electrons. The topological polar surface area (TPSA) is 56.2 Å². The van der Waals surface area contributed by atoms with Crippen molar-refractivity contribution >= 4 is 5.65 Å². The van der Waals surface area contributed by atoms with Crippen LogP contribution in [0, 0.1) is 5.95 Å². The highest BCUT2D eigenvalue weighted by Gasteiger charge is 2.07. The molecule has 0 atom stereocenters. The van der Waals surface area contributed by atoms with Crippen molar-refractivity contribution in [2.75, 3.05) is 6.54 Å². The van der Waals surface area contributed by atoms with Crippen molar-refractivity contribution in [1.29, 1.82) is 0 Å². The standard InChI is InChI=1S/C9H11FN4/c10-7-3-1-4-8-12-13-9(14(7)8)5-2-6-11/h1,3-4H,2,5-6,11H2. The van der Waals surface area contributed by atoms with Gasteiger partial charge < -0.3 is 5.73 Å². The third-order valence-electron chi connectivity index (χ3n) is 2.05. The van der Waals surface area contributed by atoms with E-state index in [-0.39, 0.29) is 5.95 Å². The zero-order chi connectivity index (χ0) is 9.97. The monoisotopic (exact) mass is 194 g/mol. The first-order chi connectivity index (χ1) is 6.83. The Balaban J connectivity index is 2.45. The van der Waals surface area contributed by atoms with Gasteiger partial charge in [0.15, 0.2) is 5.65 Å². The first-order valence-corrected chi connectivity index (χ1v) is 4.51. The van der Waals surface area contributed by atoms with Gasteiger partial charge in [0.05, 0.1) is 0 Å². The maximum Gasteiger partial charge on any atom is 0.200 e. The Bertz CT molecular complexity index is 437. The molecule has 0 spiro atoms. The number of nitrogens with two attached hydrogens (primary N) is 1. The number of rotatable bonds is 3. The normalized spacial score (nSPS) is 11.0. The number of hydrogen-bond donors (Lipinski definition) is 1. The zero-order valence-electron chi connectivity index (χ0n) is 7.65. The lowest BCUT2D eigenvalue weighted by atomic mass is 10.3. The lowest BCUT2D eigenvalue weighted by molar-refractivity contribution is 0.555. The Morgan fingerprint density at radius 3 is 3.00 bits per heavy atom. The second-order valence-corrected chi connectivity index (χ2v) is 3.05. The predicted octanol–water partition coefficient (Wildman–Crippen LogP) is 0.760. The minimum absolute atomic E-state index is 0.334. The smallest absolute Gasteiger partial charge is 0.200 e. The van der Waals surface area contributed by atoms with Crippen molar-refractivity contribution in [3.63, 3.8) is 0 Å². The van der Waals surface area contributed by atoms with Gasteiger partial charge in [-0.15, -0.1) is 10.2 Å². The fourth-order valence-corrected chi connectivity index (χ4v) is 1.38. The number of aryl methyl sites for hydroxylation is 1.